The molecule has 0 aliphatic carbocycles. The number of aromatic hydroxyl groups is 2. The second-order valence-corrected chi connectivity index (χ2v) is 4.94. The molecule has 5 unspecified atom stereocenters. The van der Waals surface area contributed by atoms with E-state index in [1.165, 1.54) is 0 Å². The predicted octanol–water partition coefficient (Wildman–Crippen LogP) is -2.23. The standard InChI is InChI=1S/C13H18O9/c14-3-5-1-6(16)12(7(17)2-5)22-13-11(20)10(19)9(18)8(4-15)21-13/h1-2,8-11,13-20H,3-4H2. The van der Waals surface area contributed by atoms with Crippen LogP contribution in [0.1, 0.15) is 5.56 Å². The summed E-state index contributed by atoms with van der Waals surface area (Å²) in [6.45, 7) is -1.05. The first-order chi connectivity index (χ1) is 10.4. The summed E-state index contributed by atoms with van der Waals surface area (Å²) in [5, 5.41) is 66.7. The lowest BCUT2D eigenvalue weighted by molar-refractivity contribution is -0.277. The van der Waals surface area contributed by atoms with E-state index in [0.717, 1.165) is 12.1 Å². The van der Waals surface area contributed by atoms with Gasteiger partial charge in [-0.25, -0.2) is 0 Å². The van der Waals surface area contributed by atoms with Crippen molar-refractivity contribution in [2.45, 2.75) is 37.3 Å². The van der Waals surface area contributed by atoms with E-state index in [1.807, 2.05) is 0 Å². The van der Waals surface area contributed by atoms with Crippen molar-refractivity contribution in [3.63, 3.8) is 0 Å². The summed E-state index contributed by atoms with van der Waals surface area (Å²) >= 11 is 0. The summed E-state index contributed by atoms with van der Waals surface area (Å²) in [4.78, 5) is 0. The average Bonchev–Trinajstić information content (AvgIpc) is 2.50. The molecule has 9 heteroatoms. The predicted molar refractivity (Wildman–Crippen MR) is 70.1 cm³/mol. The monoisotopic (exact) mass is 318 g/mol. The maximum atomic E-state index is 9.82. The molecule has 9 nitrogen and oxygen atoms in total. The third-order valence-electron chi connectivity index (χ3n) is 3.37. The number of hydrogen-bond donors (Lipinski definition) is 7. The van der Waals surface area contributed by atoms with E-state index >= 15 is 0 Å². The van der Waals surface area contributed by atoms with Crippen LogP contribution in [0.2, 0.25) is 0 Å². The molecule has 1 fully saturated rings. The molecule has 0 radical (unpaired) electrons. The van der Waals surface area contributed by atoms with Crippen LogP contribution in [0.5, 0.6) is 17.2 Å². The van der Waals surface area contributed by atoms with Crippen LogP contribution in [-0.2, 0) is 11.3 Å². The minimum Gasteiger partial charge on any atom is -0.504 e. The third-order valence-corrected chi connectivity index (χ3v) is 3.37. The first kappa shape index (κ1) is 16.7. The summed E-state index contributed by atoms with van der Waals surface area (Å²) in [5.74, 6) is -1.46. The smallest absolute Gasteiger partial charge is 0.229 e. The summed E-state index contributed by atoms with van der Waals surface area (Å²) in [5.41, 5.74) is 0.233. The molecule has 2 rings (SSSR count). The first-order valence-electron chi connectivity index (χ1n) is 6.52. The normalized spacial score (nSPS) is 32.0. The fourth-order valence-electron chi connectivity index (χ4n) is 2.15. The fraction of sp³-hybridized carbons (Fsp3) is 0.538. The second-order valence-electron chi connectivity index (χ2n) is 4.94. The van der Waals surface area contributed by atoms with Crippen molar-refractivity contribution >= 4 is 0 Å². The molecule has 1 aliphatic rings. The Morgan fingerprint density at radius 3 is 2.05 bits per heavy atom. The van der Waals surface area contributed by atoms with Gasteiger partial charge in [0.15, 0.2) is 11.5 Å². The van der Waals surface area contributed by atoms with E-state index < -0.39 is 61.2 Å². The Hall–Kier alpha value is -1.62. The number of rotatable bonds is 4. The van der Waals surface area contributed by atoms with Crippen LogP contribution in [-0.4, -0.2) is 73.1 Å². The molecule has 0 spiro atoms. The van der Waals surface area contributed by atoms with Crippen LogP contribution in [0.4, 0.5) is 0 Å². The minimum atomic E-state index is -1.67. The maximum Gasteiger partial charge on any atom is 0.229 e. The van der Waals surface area contributed by atoms with Crippen LogP contribution in [0, 0.1) is 0 Å². The molecule has 1 heterocycles. The molecule has 1 saturated heterocycles. The van der Waals surface area contributed by atoms with Gasteiger partial charge in [0.2, 0.25) is 12.0 Å². The number of ether oxygens (including phenoxy) is 2. The molecule has 22 heavy (non-hydrogen) atoms. The third kappa shape index (κ3) is 3.09. The van der Waals surface area contributed by atoms with E-state index in [2.05, 4.69) is 0 Å². The average molecular weight is 318 g/mol. The Morgan fingerprint density at radius 2 is 1.55 bits per heavy atom. The molecule has 1 aromatic rings. The Bertz CT molecular complexity index is 495. The van der Waals surface area contributed by atoms with Crippen molar-refractivity contribution in [3.8, 4) is 17.2 Å². The minimum absolute atomic E-state index is 0.233. The van der Waals surface area contributed by atoms with Gasteiger partial charge in [-0.1, -0.05) is 0 Å². The molecule has 0 aromatic heterocycles. The van der Waals surface area contributed by atoms with Crippen molar-refractivity contribution in [1.82, 2.24) is 0 Å². The Morgan fingerprint density at radius 1 is 0.955 bits per heavy atom. The number of phenolic OH excluding ortho intramolecular Hbond substituents is 2. The van der Waals surface area contributed by atoms with Crippen molar-refractivity contribution in [2.75, 3.05) is 6.61 Å². The molecule has 0 amide bonds. The van der Waals surface area contributed by atoms with Gasteiger partial charge < -0.3 is 45.2 Å². The Labute approximate surface area is 125 Å². The summed E-state index contributed by atoms with van der Waals surface area (Å²) in [6.07, 6.45) is -7.57. The quantitative estimate of drug-likeness (QED) is 0.326. The van der Waals surface area contributed by atoms with Crippen molar-refractivity contribution in [3.05, 3.63) is 17.7 Å². The highest BCUT2D eigenvalue weighted by molar-refractivity contribution is 5.52. The van der Waals surface area contributed by atoms with Gasteiger partial charge in [0.25, 0.3) is 0 Å². The van der Waals surface area contributed by atoms with Gasteiger partial charge in [0.1, 0.15) is 24.4 Å². The molecule has 7 N–H and O–H groups in total. The summed E-state index contributed by atoms with van der Waals surface area (Å²) in [6, 6.07) is 2.28. The van der Waals surface area contributed by atoms with Crippen LogP contribution in [0.25, 0.3) is 0 Å². The number of phenols is 2. The molecule has 1 aliphatic heterocycles. The Kier molecular flexibility index (Phi) is 5.06. The van der Waals surface area contributed by atoms with Crippen LogP contribution < -0.4 is 4.74 Å². The molecule has 124 valence electrons. The maximum absolute atomic E-state index is 9.82. The SMILES string of the molecule is OCc1cc(O)c(OC2OC(CO)C(O)C(O)C2O)c(O)c1. The van der Waals surface area contributed by atoms with Gasteiger partial charge in [-0.2, -0.15) is 0 Å². The van der Waals surface area contributed by atoms with Crippen LogP contribution in [0.15, 0.2) is 12.1 Å². The zero-order valence-electron chi connectivity index (χ0n) is 11.4. The van der Waals surface area contributed by atoms with E-state index in [9.17, 15) is 25.5 Å². The van der Waals surface area contributed by atoms with Gasteiger partial charge in [-0.3, -0.25) is 0 Å². The lowest BCUT2D eigenvalue weighted by Gasteiger charge is -2.39. The summed E-state index contributed by atoms with van der Waals surface area (Å²) < 4.78 is 10.2. The van der Waals surface area contributed by atoms with Crippen molar-refractivity contribution in [1.29, 1.82) is 0 Å². The lowest BCUT2D eigenvalue weighted by Crippen LogP contribution is -2.60. The molecule has 1 aromatic carbocycles. The molecule has 0 saturated carbocycles. The van der Waals surface area contributed by atoms with Gasteiger partial charge in [-0.15, -0.1) is 0 Å². The van der Waals surface area contributed by atoms with Gasteiger partial charge in [-0.05, 0) is 17.7 Å². The van der Waals surface area contributed by atoms with Gasteiger partial charge >= 0.3 is 0 Å². The lowest BCUT2D eigenvalue weighted by atomic mass is 9.99. The zero-order chi connectivity index (χ0) is 16.4. The van der Waals surface area contributed by atoms with Gasteiger partial charge in [0, 0.05) is 0 Å². The number of aliphatic hydroxyl groups is 5. The highest BCUT2D eigenvalue weighted by Crippen LogP contribution is 2.39. The highest BCUT2D eigenvalue weighted by Gasteiger charge is 2.45. The number of hydrogen-bond acceptors (Lipinski definition) is 9. The molecular weight excluding hydrogens is 300 g/mol. The fourth-order valence-corrected chi connectivity index (χ4v) is 2.15. The van der Waals surface area contributed by atoms with Crippen LogP contribution in [0.3, 0.4) is 0 Å². The Balaban J connectivity index is 2.22. The largest absolute Gasteiger partial charge is 0.504 e. The zero-order valence-corrected chi connectivity index (χ0v) is 11.4. The van der Waals surface area contributed by atoms with E-state index in [-0.39, 0.29) is 5.56 Å². The topological polar surface area (TPSA) is 160 Å². The second kappa shape index (κ2) is 6.65. The molecule has 0 bridgehead atoms. The summed E-state index contributed by atoms with van der Waals surface area (Å²) in [7, 11) is 0. The highest BCUT2D eigenvalue weighted by atomic mass is 16.7. The number of benzene rings is 1. The van der Waals surface area contributed by atoms with Crippen molar-refractivity contribution < 1.29 is 45.2 Å². The van der Waals surface area contributed by atoms with E-state index in [1.54, 1.807) is 0 Å². The number of aliphatic hydroxyl groups excluding tert-OH is 5. The molecule has 5 atom stereocenters. The first-order valence-corrected chi connectivity index (χ1v) is 6.52. The van der Waals surface area contributed by atoms with Crippen LogP contribution >= 0.6 is 0 Å². The molecular formula is C13H18O9. The van der Waals surface area contributed by atoms with E-state index in [4.69, 9.17) is 19.7 Å². The van der Waals surface area contributed by atoms with Gasteiger partial charge in [0.05, 0.1) is 13.2 Å². The van der Waals surface area contributed by atoms with Crippen molar-refractivity contribution in [2.24, 2.45) is 0 Å². The van der Waals surface area contributed by atoms with E-state index in [0.29, 0.717) is 0 Å².